The van der Waals surface area contributed by atoms with Crippen LogP contribution in [-0.4, -0.2) is 10.2 Å². The first-order valence-corrected chi connectivity index (χ1v) is 16.3. The van der Waals surface area contributed by atoms with Crippen LogP contribution in [-0.2, 0) is 11.8 Å². The molecule has 0 radical (unpaired) electrons. The minimum Gasteiger partial charge on any atom is -0.144 e. The zero-order chi connectivity index (χ0) is 25.4. The molecule has 0 saturated heterocycles. The molecular formula is C32H56N2S. The van der Waals surface area contributed by atoms with Crippen LogP contribution in [0.25, 0.3) is 0 Å². The second kappa shape index (κ2) is 10.7. The predicted molar refractivity (Wildman–Crippen MR) is 152 cm³/mol. The maximum absolute atomic E-state index is 4.53. The van der Waals surface area contributed by atoms with Gasteiger partial charge in [-0.2, -0.15) is 0 Å². The maximum atomic E-state index is 4.53. The van der Waals surface area contributed by atoms with Crippen LogP contribution in [0.5, 0.6) is 0 Å². The van der Waals surface area contributed by atoms with Crippen molar-refractivity contribution in [3.05, 3.63) is 10.0 Å². The van der Waals surface area contributed by atoms with E-state index in [2.05, 4.69) is 51.7 Å². The molecule has 35 heavy (non-hydrogen) atoms. The fourth-order valence-corrected chi connectivity index (χ4v) is 10.7. The summed E-state index contributed by atoms with van der Waals surface area (Å²) in [4.78, 5) is 0. The zero-order valence-corrected chi connectivity index (χ0v) is 25.3. The van der Waals surface area contributed by atoms with Gasteiger partial charge in [-0.3, -0.25) is 0 Å². The second-order valence-corrected chi connectivity index (χ2v) is 15.2. The van der Waals surface area contributed by atoms with Gasteiger partial charge in [0.2, 0.25) is 0 Å². The van der Waals surface area contributed by atoms with E-state index in [9.17, 15) is 0 Å². The maximum Gasteiger partial charge on any atom is 0.122 e. The Morgan fingerprint density at radius 2 is 1.63 bits per heavy atom. The van der Waals surface area contributed by atoms with Crippen LogP contribution in [0.4, 0.5) is 0 Å². The number of rotatable bonds is 5. The van der Waals surface area contributed by atoms with Gasteiger partial charge in [0.15, 0.2) is 0 Å². The molecule has 2 nitrogen and oxygen atoms in total. The van der Waals surface area contributed by atoms with Crippen molar-refractivity contribution < 1.29 is 0 Å². The highest BCUT2D eigenvalue weighted by Crippen LogP contribution is 2.69. The van der Waals surface area contributed by atoms with E-state index in [1.54, 1.807) is 6.42 Å². The van der Waals surface area contributed by atoms with Crippen molar-refractivity contribution in [1.29, 1.82) is 0 Å². The summed E-state index contributed by atoms with van der Waals surface area (Å²) in [5.41, 5.74) is 1.39. The SMILES string of the molecule is CC.CC[C@H]1CC2C3CCC(CCCc4nnc(C(C)(C)C)s4)C3(C)CC[C@@H]2C2(C)CCCCC12. The first kappa shape index (κ1) is 27.6. The van der Waals surface area contributed by atoms with E-state index in [-0.39, 0.29) is 5.41 Å². The fourth-order valence-electron chi connectivity index (χ4n) is 9.76. The molecule has 5 rings (SSSR count). The average molecular weight is 501 g/mol. The van der Waals surface area contributed by atoms with Crippen molar-refractivity contribution in [2.75, 3.05) is 0 Å². The number of aryl methyl sites for hydroxylation is 1. The van der Waals surface area contributed by atoms with Crippen LogP contribution in [0.3, 0.4) is 0 Å². The van der Waals surface area contributed by atoms with Crippen LogP contribution >= 0.6 is 11.3 Å². The smallest absolute Gasteiger partial charge is 0.122 e. The first-order chi connectivity index (χ1) is 16.7. The predicted octanol–water partition coefficient (Wildman–Crippen LogP) is 9.87. The number of nitrogens with zero attached hydrogens (tertiary/aromatic N) is 2. The van der Waals surface area contributed by atoms with Gasteiger partial charge in [0, 0.05) is 11.8 Å². The summed E-state index contributed by atoms with van der Waals surface area (Å²) in [5, 5.41) is 11.5. The van der Waals surface area contributed by atoms with Gasteiger partial charge in [0.1, 0.15) is 10.0 Å². The van der Waals surface area contributed by atoms with Crippen molar-refractivity contribution in [3.8, 4) is 0 Å². The molecule has 1 aromatic rings. The van der Waals surface area contributed by atoms with E-state index >= 15 is 0 Å². The van der Waals surface area contributed by atoms with Gasteiger partial charge in [0.25, 0.3) is 0 Å². The largest absolute Gasteiger partial charge is 0.144 e. The Bertz CT molecular complexity index is 824. The molecule has 0 spiro atoms. The van der Waals surface area contributed by atoms with E-state index in [1.807, 2.05) is 25.2 Å². The molecule has 0 aliphatic heterocycles. The summed E-state index contributed by atoms with van der Waals surface area (Å²) in [5.74, 6) is 6.03. The van der Waals surface area contributed by atoms with Gasteiger partial charge in [-0.1, -0.05) is 74.7 Å². The Hall–Kier alpha value is -0.440. The third-order valence-electron chi connectivity index (χ3n) is 11.5. The van der Waals surface area contributed by atoms with Crippen molar-refractivity contribution in [1.82, 2.24) is 10.2 Å². The van der Waals surface area contributed by atoms with Gasteiger partial charge in [-0.25, -0.2) is 0 Å². The molecule has 4 fully saturated rings. The fraction of sp³-hybridized carbons (Fsp3) is 0.938. The molecule has 4 aliphatic carbocycles. The van der Waals surface area contributed by atoms with Crippen LogP contribution in [0.1, 0.15) is 142 Å². The summed E-state index contributed by atoms with van der Waals surface area (Å²) in [7, 11) is 0. The highest BCUT2D eigenvalue weighted by Gasteiger charge is 2.60. The van der Waals surface area contributed by atoms with E-state index < -0.39 is 0 Å². The average Bonchev–Trinajstić information content (AvgIpc) is 3.44. The summed E-state index contributed by atoms with van der Waals surface area (Å²) >= 11 is 1.85. The minimum absolute atomic E-state index is 0.130. The van der Waals surface area contributed by atoms with Crippen molar-refractivity contribution in [2.24, 2.45) is 46.3 Å². The molecule has 1 aromatic heterocycles. The highest BCUT2D eigenvalue weighted by molar-refractivity contribution is 7.11. The third-order valence-corrected chi connectivity index (χ3v) is 12.9. The molecule has 0 aromatic carbocycles. The molecule has 8 atom stereocenters. The summed E-state index contributed by atoms with van der Waals surface area (Å²) < 4.78 is 0. The van der Waals surface area contributed by atoms with Crippen LogP contribution in [0, 0.1) is 46.3 Å². The van der Waals surface area contributed by atoms with Crippen LogP contribution in [0.15, 0.2) is 0 Å². The zero-order valence-electron chi connectivity index (χ0n) is 24.5. The number of hydrogen-bond donors (Lipinski definition) is 0. The molecule has 3 heteroatoms. The van der Waals surface area contributed by atoms with Gasteiger partial charge < -0.3 is 0 Å². The molecule has 0 N–H and O–H groups in total. The van der Waals surface area contributed by atoms with Crippen LogP contribution in [0.2, 0.25) is 0 Å². The molecule has 1 heterocycles. The monoisotopic (exact) mass is 500 g/mol. The molecular weight excluding hydrogens is 444 g/mol. The standard InChI is InChI=1S/C30H50N2S.C2H6/c1-7-20-19-22-24-15-14-21(11-10-13-26-31-32-27(33-26)28(2,3)4)29(24,5)18-16-25(22)30(6)17-9-8-12-23(20)30;1-2/h20-25H,7-19H2,1-6H3;1-2H3/t20-,21?,22?,23?,24?,25-,29?,30?;/m0./s1. The topological polar surface area (TPSA) is 25.8 Å². The van der Waals surface area contributed by atoms with Crippen molar-refractivity contribution in [2.45, 2.75) is 144 Å². The molecule has 200 valence electrons. The lowest BCUT2D eigenvalue weighted by molar-refractivity contribution is -0.135. The van der Waals surface area contributed by atoms with E-state index in [1.165, 1.54) is 80.6 Å². The molecule has 0 amide bonds. The number of aromatic nitrogens is 2. The van der Waals surface area contributed by atoms with Crippen molar-refractivity contribution >= 4 is 11.3 Å². The second-order valence-electron chi connectivity index (χ2n) is 14.1. The lowest BCUT2D eigenvalue weighted by Crippen LogP contribution is -2.55. The Morgan fingerprint density at radius 3 is 2.31 bits per heavy atom. The quantitative estimate of drug-likeness (QED) is 0.402. The van der Waals surface area contributed by atoms with Gasteiger partial charge in [0.05, 0.1) is 0 Å². The van der Waals surface area contributed by atoms with E-state index in [0.717, 1.165) is 41.9 Å². The molecule has 4 saturated carbocycles. The van der Waals surface area contributed by atoms with E-state index in [4.69, 9.17) is 0 Å². The molecule has 4 aliphatic rings. The first-order valence-electron chi connectivity index (χ1n) is 15.5. The van der Waals surface area contributed by atoms with Crippen LogP contribution < -0.4 is 0 Å². The molecule has 0 bridgehead atoms. The van der Waals surface area contributed by atoms with E-state index in [0.29, 0.717) is 10.8 Å². The summed E-state index contributed by atoms with van der Waals surface area (Å²) in [6.45, 7) is 18.7. The van der Waals surface area contributed by atoms with Gasteiger partial charge in [-0.05, 0) is 104 Å². The van der Waals surface area contributed by atoms with Gasteiger partial charge >= 0.3 is 0 Å². The Balaban J connectivity index is 0.00000141. The Labute approximate surface area is 221 Å². The Kier molecular flexibility index (Phi) is 8.47. The number of hydrogen-bond acceptors (Lipinski definition) is 3. The highest BCUT2D eigenvalue weighted by atomic mass is 32.1. The number of fused-ring (bicyclic) bond motifs is 5. The van der Waals surface area contributed by atoms with Gasteiger partial charge in [-0.15, -0.1) is 21.5 Å². The lowest BCUT2D eigenvalue weighted by Gasteiger charge is -2.62. The molecule has 6 unspecified atom stereocenters. The normalized spacial score (nSPS) is 40.8. The Morgan fingerprint density at radius 1 is 0.886 bits per heavy atom. The summed E-state index contributed by atoms with van der Waals surface area (Å²) in [6.07, 6.45) is 19.0. The third kappa shape index (κ3) is 5.03. The van der Waals surface area contributed by atoms with Crippen molar-refractivity contribution in [3.63, 3.8) is 0 Å². The summed E-state index contributed by atoms with van der Waals surface area (Å²) in [6, 6.07) is 0. The lowest BCUT2D eigenvalue weighted by atomic mass is 9.42. The minimum atomic E-state index is 0.130.